The number of nitrogens with one attached hydrogen (secondary N) is 2. The number of hydrogen-bond donors (Lipinski definition) is 2. The number of thiophene rings is 2. The van der Waals surface area contributed by atoms with Gasteiger partial charge in [-0.3, -0.25) is 9.59 Å². The van der Waals surface area contributed by atoms with Crippen LogP contribution in [0.5, 0.6) is 0 Å². The summed E-state index contributed by atoms with van der Waals surface area (Å²) in [5.41, 5.74) is 3.89. The molecule has 0 saturated heterocycles. The highest BCUT2D eigenvalue weighted by Gasteiger charge is 2.25. The van der Waals surface area contributed by atoms with Gasteiger partial charge in [-0.1, -0.05) is 6.07 Å². The van der Waals surface area contributed by atoms with Crippen molar-refractivity contribution in [2.45, 2.75) is 38.5 Å². The van der Waals surface area contributed by atoms with Crippen LogP contribution in [-0.2, 0) is 25.7 Å². The normalized spacial score (nSPS) is 13.7. The van der Waals surface area contributed by atoms with E-state index < -0.39 is 0 Å². The van der Waals surface area contributed by atoms with E-state index in [0.29, 0.717) is 32.3 Å². The molecule has 3 aromatic rings. The smallest absolute Gasteiger partial charge is 0.256 e. The van der Waals surface area contributed by atoms with Gasteiger partial charge in [0, 0.05) is 20.9 Å². The Hall–Kier alpha value is -3.46. The molecule has 158 valence electrons. The number of anilines is 2. The van der Waals surface area contributed by atoms with Gasteiger partial charge in [0.25, 0.3) is 11.8 Å². The van der Waals surface area contributed by atoms with Crippen LogP contribution < -0.4 is 10.6 Å². The maximum Gasteiger partial charge on any atom is 0.256 e. The standard InChI is InChI=1S/C24H18N4O2S2/c25-11-17-15-6-2-8-19(15)31-23(17)27-21(29)13-4-1-5-14(10-13)22(30)28-24-18(12-26)16-7-3-9-20(16)32-24/h1,4-5,10H,2-3,6-9H2,(H,27,29)(H,28,30). The second-order valence-corrected chi connectivity index (χ2v) is 10.0. The number of rotatable bonds is 4. The molecule has 0 spiro atoms. The molecule has 0 atom stereocenters. The van der Waals surface area contributed by atoms with Crippen molar-refractivity contribution in [1.82, 2.24) is 0 Å². The van der Waals surface area contributed by atoms with E-state index in [-0.39, 0.29) is 11.8 Å². The van der Waals surface area contributed by atoms with Crippen molar-refractivity contribution in [2.24, 2.45) is 0 Å². The maximum absolute atomic E-state index is 12.9. The van der Waals surface area contributed by atoms with E-state index in [1.807, 2.05) is 0 Å². The highest BCUT2D eigenvalue weighted by atomic mass is 32.1. The van der Waals surface area contributed by atoms with Gasteiger partial charge in [0.2, 0.25) is 0 Å². The number of carbonyl (C=O) groups is 2. The van der Waals surface area contributed by atoms with Crippen LogP contribution in [0.2, 0.25) is 0 Å². The van der Waals surface area contributed by atoms with Gasteiger partial charge in [-0.25, -0.2) is 0 Å². The third kappa shape index (κ3) is 3.48. The zero-order valence-corrected chi connectivity index (χ0v) is 18.7. The molecule has 0 radical (unpaired) electrons. The Morgan fingerprint density at radius 3 is 1.69 bits per heavy atom. The fourth-order valence-corrected chi connectivity index (χ4v) is 6.84. The highest BCUT2D eigenvalue weighted by molar-refractivity contribution is 7.17. The number of aryl methyl sites for hydroxylation is 2. The molecule has 2 heterocycles. The second-order valence-electron chi connectivity index (χ2n) is 7.84. The molecule has 0 saturated carbocycles. The molecule has 6 nitrogen and oxygen atoms in total. The van der Waals surface area contributed by atoms with Crippen LogP contribution in [0.4, 0.5) is 10.0 Å². The lowest BCUT2D eigenvalue weighted by Crippen LogP contribution is -2.15. The van der Waals surface area contributed by atoms with Gasteiger partial charge in [-0.2, -0.15) is 10.5 Å². The van der Waals surface area contributed by atoms with E-state index in [4.69, 9.17) is 0 Å². The summed E-state index contributed by atoms with van der Waals surface area (Å²) in [6, 6.07) is 10.9. The molecule has 1 aromatic carbocycles. The van der Waals surface area contributed by atoms with E-state index in [2.05, 4.69) is 22.8 Å². The highest BCUT2D eigenvalue weighted by Crippen LogP contribution is 2.39. The van der Waals surface area contributed by atoms with Crippen molar-refractivity contribution in [3.8, 4) is 12.1 Å². The van der Waals surface area contributed by atoms with E-state index in [0.717, 1.165) is 49.7 Å². The average molecular weight is 459 g/mol. The number of fused-ring (bicyclic) bond motifs is 2. The molecule has 0 bridgehead atoms. The first-order valence-electron chi connectivity index (χ1n) is 10.4. The fraction of sp³-hybridized carbons (Fsp3) is 0.250. The zero-order chi connectivity index (χ0) is 22.2. The summed E-state index contributed by atoms with van der Waals surface area (Å²) in [7, 11) is 0. The predicted octanol–water partition coefficient (Wildman–Crippen LogP) is 5.03. The molecule has 0 fully saturated rings. The van der Waals surface area contributed by atoms with Gasteiger partial charge < -0.3 is 10.6 Å². The Balaban J connectivity index is 1.35. The van der Waals surface area contributed by atoms with Crippen molar-refractivity contribution < 1.29 is 9.59 Å². The number of hydrogen-bond acceptors (Lipinski definition) is 6. The van der Waals surface area contributed by atoms with Gasteiger partial charge in [0.05, 0.1) is 11.1 Å². The molecular formula is C24H18N4O2S2. The average Bonchev–Trinajstić information content (AvgIpc) is 3.55. The zero-order valence-electron chi connectivity index (χ0n) is 17.1. The fourth-order valence-electron chi connectivity index (χ4n) is 4.37. The van der Waals surface area contributed by atoms with Crippen molar-refractivity contribution in [1.29, 1.82) is 10.5 Å². The van der Waals surface area contributed by atoms with Gasteiger partial charge in [-0.05, 0) is 67.9 Å². The molecule has 2 aliphatic rings. The number of amides is 2. The molecule has 2 aromatic heterocycles. The topological polar surface area (TPSA) is 106 Å². The number of nitriles is 2. The molecule has 0 unspecified atom stereocenters. The summed E-state index contributed by atoms with van der Waals surface area (Å²) in [6.45, 7) is 0. The van der Waals surface area contributed by atoms with Gasteiger partial charge in [0.15, 0.2) is 0 Å². The Bertz CT molecular complexity index is 1250. The van der Waals surface area contributed by atoms with Crippen LogP contribution in [0.3, 0.4) is 0 Å². The molecule has 2 amide bonds. The van der Waals surface area contributed by atoms with Crippen LogP contribution in [0.15, 0.2) is 24.3 Å². The minimum Gasteiger partial charge on any atom is -0.312 e. The summed E-state index contributed by atoms with van der Waals surface area (Å²) in [6.07, 6.45) is 5.71. The second kappa shape index (κ2) is 8.23. The summed E-state index contributed by atoms with van der Waals surface area (Å²) >= 11 is 2.92. The lowest BCUT2D eigenvalue weighted by molar-refractivity contribution is 0.102. The van der Waals surface area contributed by atoms with Crippen LogP contribution in [0.25, 0.3) is 0 Å². The molecule has 0 aliphatic heterocycles. The Labute approximate surface area is 193 Å². The Morgan fingerprint density at radius 1 is 0.781 bits per heavy atom. The van der Waals surface area contributed by atoms with Crippen LogP contribution in [0, 0.1) is 22.7 Å². The van der Waals surface area contributed by atoms with Crippen LogP contribution in [0.1, 0.15) is 65.6 Å². The first-order valence-corrected chi connectivity index (χ1v) is 12.0. The van der Waals surface area contributed by atoms with Gasteiger partial charge in [0.1, 0.15) is 22.1 Å². The lowest BCUT2D eigenvalue weighted by atomic mass is 10.1. The van der Waals surface area contributed by atoms with E-state index in [1.165, 1.54) is 38.5 Å². The number of nitrogens with zero attached hydrogens (tertiary/aromatic N) is 2. The number of carbonyl (C=O) groups excluding carboxylic acids is 2. The van der Waals surface area contributed by atoms with E-state index in [9.17, 15) is 20.1 Å². The third-order valence-corrected chi connectivity index (χ3v) is 8.32. The Morgan fingerprint density at radius 2 is 1.25 bits per heavy atom. The monoisotopic (exact) mass is 458 g/mol. The van der Waals surface area contributed by atoms with Crippen molar-refractivity contribution in [3.63, 3.8) is 0 Å². The largest absolute Gasteiger partial charge is 0.312 e. The van der Waals surface area contributed by atoms with E-state index in [1.54, 1.807) is 18.2 Å². The van der Waals surface area contributed by atoms with Gasteiger partial charge >= 0.3 is 0 Å². The molecule has 8 heteroatoms. The van der Waals surface area contributed by atoms with Crippen molar-refractivity contribution >= 4 is 44.5 Å². The van der Waals surface area contributed by atoms with E-state index >= 15 is 0 Å². The van der Waals surface area contributed by atoms with Crippen molar-refractivity contribution in [3.05, 3.63) is 67.4 Å². The minimum absolute atomic E-state index is 0.337. The molecule has 2 N–H and O–H groups in total. The van der Waals surface area contributed by atoms with Gasteiger partial charge in [-0.15, -0.1) is 22.7 Å². The third-order valence-electron chi connectivity index (χ3n) is 5.91. The lowest BCUT2D eigenvalue weighted by Gasteiger charge is -2.07. The summed E-state index contributed by atoms with van der Waals surface area (Å²) in [4.78, 5) is 28.0. The maximum atomic E-state index is 12.9. The molecule has 2 aliphatic carbocycles. The summed E-state index contributed by atoms with van der Waals surface area (Å²) < 4.78 is 0. The first kappa shape index (κ1) is 20.4. The molecule has 32 heavy (non-hydrogen) atoms. The van der Waals surface area contributed by atoms with Crippen LogP contribution >= 0.6 is 22.7 Å². The Kier molecular flexibility index (Phi) is 5.26. The minimum atomic E-state index is -0.358. The molecule has 5 rings (SSSR count). The SMILES string of the molecule is N#Cc1c(NC(=O)c2cccc(C(=O)Nc3sc4c(c3C#N)CCC4)c2)sc2c1CCC2. The molecular weight excluding hydrogens is 440 g/mol. The first-order chi connectivity index (χ1) is 15.6. The summed E-state index contributed by atoms with van der Waals surface area (Å²) in [5.74, 6) is -0.715. The summed E-state index contributed by atoms with van der Waals surface area (Å²) in [5, 5.41) is 25.9. The van der Waals surface area contributed by atoms with Crippen LogP contribution in [-0.4, -0.2) is 11.8 Å². The quantitative estimate of drug-likeness (QED) is 0.571. The predicted molar refractivity (Wildman–Crippen MR) is 124 cm³/mol. The van der Waals surface area contributed by atoms with Crippen molar-refractivity contribution in [2.75, 3.05) is 10.6 Å². The number of benzene rings is 1.